The van der Waals surface area contributed by atoms with Crippen LogP contribution in [0.15, 0.2) is 39.8 Å². The van der Waals surface area contributed by atoms with Gasteiger partial charge in [0.1, 0.15) is 22.7 Å². The molecule has 0 spiro atoms. The molecule has 1 saturated carbocycles. The van der Waals surface area contributed by atoms with Crippen molar-refractivity contribution in [2.24, 2.45) is 17.8 Å². The van der Waals surface area contributed by atoms with Crippen LogP contribution < -0.4 is 10.4 Å². The monoisotopic (exact) mass is 411 g/mol. The van der Waals surface area contributed by atoms with Gasteiger partial charge in [0.05, 0.1) is 5.56 Å². The number of ether oxygens (including phenoxy) is 2. The summed E-state index contributed by atoms with van der Waals surface area (Å²) in [6.45, 7) is 9.71. The Morgan fingerprint density at radius 1 is 1.33 bits per heavy atom. The third-order valence-electron chi connectivity index (χ3n) is 7.12. The second kappa shape index (κ2) is 7.25. The fraction of sp³-hybridized carbons (Fsp3) is 0.542. The van der Waals surface area contributed by atoms with Crippen molar-refractivity contribution in [3.63, 3.8) is 0 Å². The summed E-state index contributed by atoms with van der Waals surface area (Å²) in [6.07, 6.45) is 5.66. The van der Waals surface area contributed by atoms with Gasteiger partial charge in [-0.2, -0.15) is 0 Å². The van der Waals surface area contributed by atoms with Crippen molar-refractivity contribution in [1.82, 2.24) is 4.98 Å². The zero-order valence-electron chi connectivity index (χ0n) is 18.2. The first-order chi connectivity index (χ1) is 14.1. The zero-order chi connectivity index (χ0) is 21.7. The first kappa shape index (κ1) is 20.6. The Balaban J connectivity index is 1.67. The van der Waals surface area contributed by atoms with Gasteiger partial charge in [-0.05, 0) is 64.0 Å². The highest BCUT2D eigenvalue weighted by Crippen LogP contribution is 2.51. The van der Waals surface area contributed by atoms with Crippen LogP contribution in [0.2, 0.25) is 0 Å². The Morgan fingerprint density at radius 2 is 2.10 bits per heavy atom. The predicted octanol–water partition coefficient (Wildman–Crippen LogP) is 4.40. The molecule has 4 atom stereocenters. The van der Waals surface area contributed by atoms with Gasteiger partial charge in [0.2, 0.25) is 0 Å². The first-order valence-corrected chi connectivity index (χ1v) is 10.6. The van der Waals surface area contributed by atoms with E-state index in [9.17, 15) is 9.59 Å². The van der Waals surface area contributed by atoms with Crippen LogP contribution >= 0.6 is 0 Å². The summed E-state index contributed by atoms with van der Waals surface area (Å²) in [5.41, 5.74) is 0.0191. The molecule has 1 aliphatic heterocycles. The SMILES string of the molecule is CC(=O)OC(C)(C)[C@H]1CC2Cc3c(cc(-c4cccnc4)oc3=O)O[C@]2(C)[C@@H](C)C1. The van der Waals surface area contributed by atoms with E-state index in [-0.39, 0.29) is 29.3 Å². The maximum Gasteiger partial charge on any atom is 0.343 e. The van der Waals surface area contributed by atoms with Crippen molar-refractivity contribution in [2.45, 2.75) is 65.1 Å². The molecule has 1 unspecified atom stereocenters. The average molecular weight is 411 g/mol. The Kier molecular flexibility index (Phi) is 4.99. The van der Waals surface area contributed by atoms with Crippen LogP contribution in [-0.2, 0) is 16.0 Å². The van der Waals surface area contributed by atoms with Gasteiger partial charge in [0, 0.05) is 36.9 Å². The van der Waals surface area contributed by atoms with Gasteiger partial charge < -0.3 is 13.9 Å². The molecule has 0 saturated heterocycles. The molecule has 6 nitrogen and oxygen atoms in total. The fourth-order valence-electron chi connectivity index (χ4n) is 5.13. The van der Waals surface area contributed by atoms with Crippen molar-refractivity contribution >= 4 is 5.97 Å². The van der Waals surface area contributed by atoms with E-state index in [4.69, 9.17) is 13.9 Å². The summed E-state index contributed by atoms with van der Waals surface area (Å²) in [7, 11) is 0. The van der Waals surface area contributed by atoms with E-state index in [1.807, 2.05) is 26.0 Å². The lowest BCUT2D eigenvalue weighted by Crippen LogP contribution is -2.57. The van der Waals surface area contributed by atoms with E-state index >= 15 is 0 Å². The number of hydrogen-bond donors (Lipinski definition) is 0. The molecule has 2 aromatic rings. The second-order valence-corrected chi connectivity index (χ2v) is 9.44. The number of carbonyl (C=O) groups excluding carboxylic acids is 1. The van der Waals surface area contributed by atoms with Gasteiger partial charge in [-0.3, -0.25) is 9.78 Å². The highest BCUT2D eigenvalue weighted by molar-refractivity contribution is 5.66. The second-order valence-electron chi connectivity index (χ2n) is 9.44. The average Bonchev–Trinajstić information content (AvgIpc) is 2.67. The van der Waals surface area contributed by atoms with Crippen LogP contribution in [0, 0.1) is 17.8 Å². The summed E-state index contributed by atoms with van der Waals surface area (Å²) in [5.74, 6) is 1.37. The normalized spacial score (nSPS) is 28.1. The molecule has 0 bridgehead atoms. The van der Waals surface area contributed by atoms with E-state index in [0.29, 0.717) is 23.5 Å². The number of pyridine rings is 1. The van der Waals surface area contributed by atoms with E-state index in [1.165, 1.54) is 6.92 Å². The molecule has 0 N–H and O–H groups in total. The lowest BCUT2D eigenvalue weighted by atomic mass is 9.60. The van der Waals surface area contributed by atoms with Gasteiger partial charge in [0.15, 0.2) is 0 Å². The van der Waals surface area contributed by atoms with Gasteiger partial charge in [-0.1, -0.05) is 6.92 Å². The Hall–Kier alpha value is -2.63. The lowest BCUT2D eigenvalue weighted by Gasteiger charge is -2.53. The summed E-state index contributed by atoms with van der Waals surface area (Å²) < 4.78 is 17.8. The van der Waals surface area contributed by atoms with Crippen molar-refractivity contribution in [1.29, 1.82) is 0 Å². The van der Waals surface area contributed by atoms with Crippen LogP contribution in [0.25, 0.3) is 11.3 Å². The maximum atomic E-state index is 12.8. The van der Waals surface area contributed by atoms with Crippen LogP contribution in [-0.4, -0.2) is 22.2 Å². The molecule has 1 aliphatic carbocycles. The topological polar surface area (TPSA) is 78.6 Å². The molecule has 6 heteroatoms. The molecule has 3 heterocycles. The smallest absolute Gasteiger partial charge is 0.343 e. The quantitative estimate of drug-likeness (QED) is 0.697. The molecule has 2 aliphatic rings. The highest BCUT2D eigenvalue weighted by Gasteiger charge is 2.53. The van der Waals surface area contributed by atoms with Crippen molar-refractivity contribution < 1.29 is 18.7 Å². The zero-order valence-corrected chi connectivity index (χ0v) is 18.2. The van der Waals surface area contributed by atoms with Gasteiger partial charge in [-0.25, -0.2) is 4.79 Å². The summed E-state index contributed by atoms with van der Waals surface area (Å²) in [4.78, 5) is 28.5. The number of fused-ring (bicyclic) bond motifs is 2. The van der Waals surface area contributed by atoms with Gasteiger partial charge in [0.25, 0.3) is 0 Å². The third-order valence-corrected chi connectivity index (χ3v) is 7.12. The largest absolute Gasteiger partial charge is 0.486 e. The Labute approximate surface area is 176 Å². The molecular weight excluding hydrogens is 382 g/mol. The number of aromatic nitrogens is 1. The maximum absolute atomic E-state index is 12.8. The lowest BCUT2D eigenvalue weighted by molar-refractivity contribution is -0.168. The molecule has 4 rings (SSSR count). The van der Waals surface area contributed by atoms with Crippen molar-refractivity contribution in [3.05, 3.63) is 46.6 Å². The molecule has 160 valence electrons. The van der Waals surface area contributed by atoms with Crippen molar-refractivity contribution in [2.75, 3.05) is 0 Å². The minimum absolute atomic E-state index is 0.140. The summed E-state index contributed by atoms with van der Waals surface area (Å²) in [5, 5.41) is 0. The van der Waals surface area contributed by atoms with E-state index in [2.05, 4.69) is 18.8 Å². The van der Waals surface area contributed by atoms with Gasteiger partial charge >= 0.3 is 11.6 Å². The first-order valence-electron chi connectivity index (χ1n) is 10.6. The number of rotatable bonds is 3. The number of carbonyl (C=O) groups is 1. The molecule has 1 fully saturated rings. The standard InChI is InChI=1S/C24H29NO5/c1-14-9-17(23(3,4)29-15(2)26)10-18-11-19-21(30-24(14,18)5)12-20(28-22(19)27)16-7-6-8-25-13-16/h6-8,12-14,17-18H,9-11H2,1-5H3/t14-,17+,18?,24+/m0/s1. The minimum Gasteiger partial charge on any atom is -0.486 e. The van der Waals surface area contributed by atoms with E-state index in [0.717, 1.165) is 18.4 Å². The predicted molar refractivity (Wildman–Crippen MR) is 112 cm³/mol. The molecule has 0 amide bonds. The van der Waals surface area contributed by atoms with Crippen LogP contribution in [0.1, 0.15) is 53.0 Å². The fourth-order valence-corrected chi connectivity index (χ4v) is 5.13. The number of esters is 1. The van der Waals surface area contributed by atoms with E-state index < -0.39 is 11.2 Å². The van der Waals surface area contributed by atoms with Crippen molar-refractivity contribution in [3.8, 4) is 17.1 Å². The number of hydrogen-bond acceptors (Lipinski definition) is 6. The van der Waals surface area contributed by atoms with Crippen LogP contribution in [0.3, 0.4) is 0 Å². The highest BCUT2D eigenvalue weighted by atomic mass is 16.6. The minimum atomic E-state index is -0.559. The molecule has 2 aromatic heterocycles. The van der Waals surface area contributed by atoms with E-state index in [1.54, 1.807) is 18.5 Å². The van der Waals surface area contributed by atoms with Crippen LogP contribution in [0.5, 0.6) is 5.75 Å². The number of nitrogens with zero attached hydrogens (tertiary/aromatic N) is 1. The molecule has 0 aromatic carbocycles. The summed E-state index contributed by atoms with van der Waals surface area (Å²) in [6, 6.07) is 5.48. The molecule has 0 radical (unpaired) electrons. The van der Waals surface area contributed by atoms with Crippen LogP contribution in [0.4, 0.5) is 0 Å². The Morgan fingerprint density at radius 3 is 2.77 bits per heavy atom. The Bertz CT molecular complexity index is 1010. The molecular formula is C24H29NO5. The van der Waals surface area contributed by atoms with Gasteiger partial charge in [-0.15, -0.1) is 0 Å². The molecule has 30 heavy (non-hydrogen) atoms. The third kappa shape index (κ3) is 3.53. The summed E-state index contributed by atoms with van der Waals surface area (Å²) >= 11 is 0.